The van der Waals surface area contributed by atoms with E-state index in [1.807, 2.05) is 13.8 Å². The maximum atomic E-state index is 12.0. The number of hydrazine groups is 1. The summed E-state index contributed by atoms with van der Waals surface area (Å²) in [5.74, 6) is -0.113. The molecule has 0 aromatic heterocycles. The van der Waals surface area contributed by atoms with Crippen molar-refractivity contribution < 1.29 is 24.0 Å². The molecule has 0 spiro atoms. The van der Waals surface area contributed by atoms with Gasteiger partial charge in [-0.1, -0.05) is 6.92 Å². The third kappa shape index (κ3) is 6.27. The molecular formula is C19H21N3O6. The van der Waals surface area contributed by atoms with Crippen molar-refractivity contribution in [1.29, 1.82) is 0 Å². The molecule has 0 aliphatic carbocycles. The lowest BCUT2D eigenvalue weighted by Gasteiger charge is -2.13. The summed E-state index contributed by atoms with van der Waals surface area (Å²) in [7, 11) is 0. The van der Waals surface area contributed by atoms with Crippen LogP contribution in [0.5, 0.6) is 11.5 Å². The van der Waals surface area contributed by atoms with Crippen LogP contribution in [0.25, 0.3) is 0 Å². The van der Waals surface area contributed by atoms with Gasteiger partial charge in [0.25, 0.3) is 17.5 Å². The molecule has 0 saturated carbocycles. The molecule has 9 nitrogen and oxygen atoms in total. The van der Waals surface area contributed by atoms with E-state index < -0.39 is 16.7 Å². The standard InChI is InChI=1S/C19H21N3O6/c1-3-13(2)28-17-8-4-14(5-9-17)19(24)21-20-18(23)12-27-16-10-6-15(7-11-16)22(25)26/h4-11,13H,3,12H2,1-2H3,(H,20,23)(H,21,24). The van der Waals surface area contributed by atoms with Gasteiger partial charge in [-0.3, -0.25) is 30.6 Å². The molecule has 2 rings (SSSR count). The normalized spacial score (nSPS) is 11.2. The van der Waals surface area contributed by atoms with Gasteiger partial charge >= 0.3 is 0 Å². The highest BCUT2D eigenvalue weighted by atomic mass is 16.6. The summed E-state index contributed by atoms with van der Waals surface area (Å²) < 4.78 is 10.8. The van der Waals surface area contributed by atoms with Crippen molar-refractivity contribution in [1.82, 2.24) is 10.9 Å². The number of nitro benzene ring substituents is 1. The second kappa shape index (κ2) is 9.91. The molecule has 2 aromatic carbocycles. The number of benzene rings is 2. The van der Waals surface area contributed by atoms with Gasteiger partial charge in [-0.25, -0.2) is 0 Å². The number of amides is 2. The van der Waals surface area contributed by atoms with Gasteiger partial charge in [0, 0.05) is 17.7 Å². The molecule has 2 N–H and O–H groups in total. The first-order valence-electron chi connectivity index (χ1n) is 8.62. The molecule has 2 amide bonds. The van der Waals surface area contributed by atoms with E-state index in [-0.39, 0.29) is 18.4 Å². The second-order valence-electron chi connectivity index (χ2n) is 5.90. The van der Waals surface area contributed by atoms with Crippen LogP contribution in [-0.2, 0) is 4.79 Å². The number of rotatable bonds is 8. The lowest BCUT2D eigenvalue weighted by molar-refractivity contribution is -0.384. The molecule has 0 bridgehead atoms. The zero-order valence-corrected chi connectivity index (χ0v) is 15.5. The first kappa shape index (κ1) is 20.7. The molecule has 0 heterocycles. The SMILES string of the molecule is CCC(C)Oc1ccc(C(=O)NNC(=O)COc2ccc([N+](=O)[O-])cc2)cc1. The number of nitrogens with one attached hydrogen (secondary N) is 2. The molecule has 0 fully saturated rings. The van der Waals surface area contributed by atoms with Crippen LogP contribution < -0.4 is 20.3 Å². The van der Waals surface area contributed by atoms with Gasteiger partial charge in [0.15, 0.2) is 6.61 Å². The van der Waals surface area contributed by atoms with Crippen molar-refractivity contribution in [3.05, 3.63) is 64.2 Å². The van der Waals surface area contributed by atoms with Gasteiger partial charge in [0.05, 0.1) is 11.0 Å². The minimum absolute atomic E-state index is 0.0784. The van der Waals surface area contributed by atoms with E-state index in [0.717, 1.165) is 6.42 Å². The van der Waals surface area contributed by atoms with Crippen molar-refractivity contribution >= 4 is 17.5 Å². The van der Waals surface area contributed by atoms with Crippen LogP contribution in [0.3, 0.4) is 0 Å². The molecular weight excluding hydrogens is 366 g/mol. The minimum atomic E-state index is -0.580. The lowest BCUT2D eigenvalue weighted by Crippen LogP contribution is -2.43. The number of ether oxygens (including phenoxy) is 2. The van der Waals surface area contributed by atoms with Crippen molar-refractivity contribution in [2.24, 2.45) is 0 Å². The third-order valence-electron chi connectivity index (χ3n) is 3.76. The Kier molecular flexibility index (Phi) is 7.32. The topological polar surface area (TPSA) is 120 Å². The van der Waals surface area contributed by atoms with E-state index in [1.165, 1.54) is 24.3 Å². The highest BCUT2D eigenvalue weighted by Gasteiger charge is 2.10. The molecule has 2 aromatic rings. The Hall–Kier alpha value is -3.62. The average molecular weight is 387 g/mol. The largest absolute Gasteiger partial charge is 0.491 e. The minimum Gasteiger partial charge on any atom is -0.491 e. The van der Waals surface area contributed by atoms with Gasteiger partial charge in [0.1, 0.15) is 11.5 Å². The first-order chi connectivity index (χ1) is 13.4. The van der Waals surface area contributed by atoms with Crippen molar-refractivity contribution in [2.45, 2.75) is 26.4 Å². The molecule has 1 atom stereocenters. The van der Waals surface area contributed by atoms with Crippen molar-refractivity contribution in [2.75, 3.05) is 6.61 Å². The van der Waals surface area contributed by atoms with E-state index in [4.69, 9.17) is 9.47 Å². The van der Waals surface area contributed by atoms with Gasteiger partial charge in [-0.2, -0.15) is 0 Å². The van der Waals surface area contributed by atoms with Crippen LogP contribution in [-0.4, -0.2) is 29.4 Å². The number of nitrogens with zero attached hydrogens (tertiary/aromatic N) is 1. The number of nitro groups is 1. The fraction of sp³-hybridized carbons (Fsp3) is 0.263. The summed E-state index contributed by atoms with van der Waals surface area (Å²) in [6, 6.07) is 11.8. The Labute approximate surface area is 161 Å². The van der Waals surface area contributed by atoms with Crippen LogP contribution >= 0.6 is 0 Å². The van der Waals surface area contributed by atoms with E-state index >= 15 is 0 Å². The molecule has 9 heteroatoms. The number of carbonyl (C=O) groups excluding carboxylic acids is 2. The monoisotopic (exact) mass is 387 g/mol. The fourth-order valence-corrected chi connectivity index (χ4v) is 2.05. The Bertz CT molecular complexity index is 821. The molecule has 1 unspecified atom stereocenters. The molecule has 0 aliphatic rings. The highest BCUT2D eigenvalue weighted by molar-refractivity contribution is 5.95. The first-order valence-corrected chi connectivity index (χ1v) is 8.62. The number of non-ortho nitro benzene ring substituents is 1. The summed E-state index contributed by atoms with van der Waals surface area (Å²) in [4.78, 5) is 33.8. The zero-order chi connectivity index (χ0) is 20.5. The molecule has 148 valence electrons. The summed E-state index contributed by atoms with van der Waals surface area (Å²) in [6.07, 6.45) is 0.950. The quantitative estimate of drug-likeness (QED) is 0.531. The second-order valence-corrected chi connectivity index (χ2v) is 5.90. The van der Waals surface area contributed by atoms with Crippen molar-refractivity contribution in [3.8, 4) is 11.5 Å². The van der Waals surface area contributed by atoms with E-state index in [0.29, 0.717) is 17.1 Å². The fourth-order valence-electron chi connectivity index (χ4n) is 2.05. The van der Waals surface area contributed by atoms with Crippen LogP contribution in [0.4, 0.5) is 5.69 Å². The maximum Gasteiger partial charge on any atom is 0.276 e. The van der Waals surface area contributed by atoms with Crippen molar-refractivity contribution in [3.63, 3.8) is 0 Å². The van der Waals surface area contributed by atoms with Crippen LogP contribution in [0.15, 0.2) is 48.5 Å². The summed E-state index contributed by atoms with van der Waals surface area (Å²) in [5, 5.41) is 10.6. The van der Waals surface area contributed by atoms with Crippen LogP contribution in [0, 0.1) is 10.1 Å². The maximum absolute atomic E-state index is 12.0. The van der Waals surface area contributed by atoms with Gasteiger partial charge in [0.2, 0.25) is 0 Å². The average Bonchev–Trinajstić information content (AvgIpc) is 2.71. The van der Waals surface area contributed by atoms with E-state index in [1.54, 1.807) is 24.3 Å². The number of carbonyl (C=O) groups is 2. The Morgan fingerprint density at radius 2 is 1.64 bits per heavy atom. The predicted molar refractivity (Wildman–Crippen MR) is 101 cm³/mol. The molecule has 28 heavy (non-hydrogen) atoms. The Morgan fingerprint density at radius 1 is 1.04 bits per heavy atom. The Balaban J connectivity index is 1.77. The smallest absolute Gasteiger partial charge is 0.276 e. The number of hydrogen-bond acceptors (Lipinski definition) is 6. The summed E-state index contributed by atoms with van der Waals surface area (Å²) in [5.41, 5.74) is 4.79. The van der Waals surface area contributed by atoms with Gasteiger partial charge in [-0.15, -0.1) is 0 Å². The Morgan fingerprint density at radius 3 is 2.21 bits per heavy atom. The molecule has 0 saturated heterocycles. The number of hydrogen-bond donors (Lipinski definition) is 2. The predicted octanol–water partition coefficient (Wildman–Crippen LogP) is 2.61. The van der Waals surface area contributed by atoms with E-state index in [2.05, 4.69) is 10.9 Å². The third-order valence-corrected chi connectivity index (χ3v) is 3.76. The van der Waals surface area contributed by atoms with Crippen LogP contribution in [0.2, 0.25) is 0 Å². The van der Waals surface area contributed by atoms with Gasteiger partial charge in [-0.05, 0) is 49.7 Å². The summed E-state index contributed by atoms with van der Waals surface area (Å²) >= 11 is 0. The van der Waals surface area contributed by atoms with E-state index in [9.17, 15) is 19.7 Å². The molecule has 0 aliphatic heterocycles. The van der Waals surface area contributed by atoms with Gasteiger partial charge < -0.3 is 9.47 Å². The van der Waals surface area contributed by atoms with Crippen LogP contribution in [0.1, 0.15) is 30.6 Å². The lowest BCUT2D eigenvalue weighted by atomic mass is 10.2. The zero-order valence-electron chi connectivity index (χ0n) is 15.5. The highest BCUT2D eigenvalue weighted by Crippen LogP contribution is 2.17. The summed E-state index contributed by atoms with van der Waals surface area (Å²) in [6.45, 7) is 3.61. The molecule has 0 radical (unpaired) electrons.